The molecule has 0 unspecified atom stereocenters. The van der Waals surface area contributed by atoms with Crippen molar-refractivity contribution in [3.05, 3.63) is 57.8 Å². The van der Waals surface area contributed by atoms with Gasteiger partial charge in [0.05, 0.1) is 4.70 Å². The number of phenolic OH excluding ortho intramolecular Hbond substituents is 1. The van der Waals surface area contributed by atoms with Gasteiger partial charge in [-0.05, 0) is 44.0 Å². The maximum atomic E-state index is 9.98. The number of aryl methyl sites for hydroxylation is 1. The molecule has 3 aromatic rings. The molecular formula is C19H17N3OS. The molecule has 0 saturated carbocycles. The maximum Gasteiger partial charge on any atom is 0.181 e. The lowest BCUT2D eigenvalue weighted by molar-refractivity contribution is 0.482. The molecule has 1 N–H and O–H groups in total. The summed E-state index contributed by atoms with van der Waals surface area (Å²) in [5, 5.41) is 21.3. The normalized spacial score (nSPS) is 13.7. The Labute approximate surface area is 143 Å². The number of phenols is 1. The highest BCUT2D eigenvalue weighted by Gasteiger charge is 2.08. The molecule has 5 heteroatoms. The summed E-state index contributed by atoms with van der Waals surface area (Å²) in [4.78, 5) is 5.14. The van der Waals surface area contributed by atoms with E-state index in [9.17, 15) is 5.11 Å². The first kappa shape index (κ1) is 16.1. The smallest absolute Gasteiger partial charge is 0.181 e. The lowest BCUT2D eigenvalue weighted by Crippen LogP contribution is -2.25. The third-order valence-electron chi connectivity index (χ3n) is 3.68. The van der Waals surface area contributed by atoms with Gasteiger partial charge in [0.1, 0.15) is 11.4 Å². The second-order valence-corrected chi connectivity index (χ2v) is 6.52. The minimum Gasteiger partial charge on any atom is -0.507 e. The zero-order chi connectivity index (χ0) is 17.1. The van der Waals surface area contributed by atoms with Crippen molar-refractivity contribution in [1.82, 2.24) is 0 Å². The molecule has 4 nitrogen and oxygen atoms in total. The van der Waals surface area contributed by atoms with Crippen molar-refractivity contribution < 1.29 is 5.11 Å². The summed E-state index contributed by atoms with van der Waals surface area (Å²) in [5.74, 6) is 0.725. The van der Waals surface area contributed by atoms with Crippen molar-refractivity contribution in [3.8, 4) is 5.75 Å². The summed E-state index contributed by atoms with van der Waals surface area (Å²) < 4.78 is 0.912. The second kappa shape index (κ2) is 6.76. The van der Waals surface area contributed by atoms with E-state index in [4.69, 9.17) is 0 Å². The van der Waals surface area contributed by atoms with Crippen molar-refractivity contribution in [2.45, 2.75) is 13.8 Å². The highest BCUT2D eigenvalue weighted by atomic mass is 32.1. The molecule has 0 atom stereocenters. The SMILES string of the molecule is C=NC(/N=N/c1ccc(O)c2cc(C)sc12)=c1/cccc/c1=C/C. The topological polar surface area (TPSA) is 57.3 Å². The molecule has 0 aliphatic heterocycles. The van der Waals surface area contributed by atoms with Crippen LogP contribution in [0.4, 0.5) is 5.69 Å². The van der Waals surface area contributed by atoms with Crippen LogP contribution in [0.5, 0.6) is 5.75 Å². The number of hydrogen-bond donors (Lipinski definition) is 1. The van der Waals surface area contributed by atoms with E-state index in [1.54, 1.807) is 23.5 Å². The van der Waals surface area contributed by atoms with Crippen LogP contribution in [0.1, 0.15) is 11.8 Å². The third kappa shape index (κ3) is 2.98. The van der Waals surface area contributed by atoms with E-state index in [2.05, 4.69) is 21.9 Å². The first-order valence-corrected chi connectivity index (χ1v) is 8.32. The number of aliphatic imine (C=N–C) groups is 1. The van der Waals surface area contributed by atoms with E-state index in [0.29, 0.717) is 11.5 Å². The summed E-state index contributed by atoms with van der Waals surface area (Å²) in [6, 6.07) is 13.2. The number of rotatable bonds is 3. The van der Waals surface area contributed by atoms with Crippen LogP contribution in [0.3, 0.4) is 0 Å². The Hall–Kier alpha value is -2.79. The van der Waals surface area contributed by atoms with Crippen LogP contribution < -0.4 is 10.4 Å². The van der Waals surface area contributed by atoms with Crippen molar-refractivity contribution in [2.24, 2.45) is 15.2 Å². The Balaban J connectivity index is 2.17. The molecular weight excluding hydrogens is 318 g/mol. The van der Waals surface area contributed by atoms with Gasteiger partial charge < -0.3 is 5.11 Å². The number of benzene rings is 2. The lowest BCUT2D eigenvalue weighted by Gasteiger charge is -1.99. The highest BCUT2D eigenvalue weighted by molar-refractivity contribution is 7.19. The zero-order valence-electron chi connectivity index (χ0n) is 13.5. The predicted molar refractivity (Wildman–Crippen MR) is 102 cm³/mol. The second-order valence-electron chi connectivity index (χ2n) is 5.26. The van der Waals surface area contributed by atoms with Crippen LogP contribution in [0.15, 0.2) is 57.7 Å². The molecule has 1 aromatic heterocycles. The van der Waals surface area contributed by atoms with Gasteiger partial charge >= 0.3 is 0 Å². The molecule has 0 radical (unpaired) electrons. The van der Waals surface area contributed by atoms with Crippen LogP contribution in [-0.2, 0) is 0 Å². The molecule has 0 saturated heterocycles. The van der Waals surface area contributed by atoms with Crippen LogP contribution in [-0.4, -0.2) is 11.8 Å². The molecule has 1 heterocycles. The molecule has 120 valence electrons. The number of thiophene rings is 1. The predicted octanol–water partition coefficient (Wildman–Crippen LogP) is 4.27. The Bertz CT molecular complexity index is 1060. The van der Waals surface area contributed by atoms with E-state index in [1.165, 1.54) is 0 Å². The summed E-state index contributed by atoms with van der Waals surface area (Å²) in [6.45, 7) is 7.58. The Kier molecular flexibility index (Phi) is 4.53. The number of hydrogen-bond acceptors (Lipinski definition) is 5. The van der Waals surface area contributed by atoms with Crippen LogP contribution >= 0.6 is 11.3 Å². The number of nitrogens with zero attached hydrogens (tertiary/aromatic N) is 3. The van der Waals surface area contributed by atoms with E-state index < -0.39 is 0 Å². The Morgan fingerprint density at radius 2 is 2.00 bits per heavy atom. The fourth-order valence-corrected chi connectivity index (χ4v) is 3.51. The van der Waals surface area contributed by atoms with Gasteiger partial charge in [0.2, 0.25) is 0 Å². The van der Waals surface area contributed by atoms with Gasteiger partial charge in [-0.3, -0.25) is 0 Å². The summed E-state index contributed by atoms with van der Waals surface area (Å²) in [6.07, 6.45) is 2.00. The molecule has 0 amide bonds. The molecule has 0 fully saturated rings. The molecule has 0 aliphatic carbocycles. The van der Waals surface area contributed by atoms with E-state index >= 15 is 0 Å². The third-order valence-corrected chi connectivity index (χ3v) is 4.75. The van der Waals surface area contributed by atoms with Crippen LogP contribution in [0, 0.1) is 6.92 Å². The van der Waals surface area contributed by atoms with Gasteiger partial charge in [0.15, 0.2) is 5.82 Å². The summed E-state index contributed by atoms with van der Waals surface area (Å²) in [5.41, 5.74) is 0.708. The number of azo groups is 1. The van der Waals surface area contributed by atoms with Crippen molar-refractivity contribution in [3.63, 3.8) is 0 Å². The van der Waals surface area contributed by atoms with Crippen molar-refractivity contribution in [2.75, 3.05) is 0 Å². The average molecular weight is 335 g/mol. The standard InChI is InChI=1S/C19H17N3OS/c1-4-13-7-5-6-8-14(13)19(20-3)22-21-16-9-10-17(23)15-11-12(2)24-18(15)16/h4-11,23H,3H2,1-2H3/b13-4-,19-14+,22-21+. The lowest BCUT2D eigenvalue weighted by atomic mass is 10.2. The molecule has 0 aliphatic rings. The fourth-order valence-electron chi connectivity index (χ4n) is 2.52. The number of fused-ring (bicyclic) bond motifs is 1. The largest absolute Gasteiger partial charge is 0.507 e. The molecule has 24 heavy (non-hydrogen) atoms. The molecule has 0 spiro atoms. The minimum absolute atomic E-state index is 0.255. The van der Waals surface area contributed by atoms with Crippen LogP contribution in [0.25, 0.3) is 22.0 Å². The van der Waals surface area contributed by atoms with E-state index in [1.807, 2.05) is 50.3 Å². The molecule has 2 aromatic carbocycles. The average Bonchev–Trinajstić information content (AvgIpc) is 3.00. The van der Waals surface area contributed by atoms with Gasteiger partial charge in [-0.1, -0.05) is 30.3 Å². The first-order chi connectivity index (χ1) is 11.6. The first-order valence-electron chi connectivity index (χ1n) is 7.50. The highest BCUT2D eigenvalue weighted by Crippen LogP contribution is 2.38. The van der Waals surface area contributed by atoms with E-state index in [-0.39, 0.29) is 5.75 Å². The van der Waals surface area contributed by atoms with Crippen molar-refractivity contribution in [1.29, 1.82) is 0 Å². The van der Waals surface area contributed by atoms with Gasteiger partial charge in [-0.15, -0.1) is 21.6 Å². The maximum absolute atomic E-state index is 9.98. The summed E-state index contributed by atoms with van der Waals surface area (Å²) in [7, 11) is 0. The zero-order valence-corrected chi connectivity index (χ0v) is 14.3. The van der Waals surface area contributed by atoms with Gasteiger partial charge in [0, 0.05) is 15.5 Å². The summed E-state index contributed by atoms with van der Waals surface area (Å²) >= 11 is 1.58. The Morgan fingerprint density at radius 3 is 2.75 bits per heavy atom. The number of aromatic hydroxyl groups is 1. The quantitative estimate of drug-likeness (QED) is 0.564. The fraction of sp³-hybridized carbons (Fsp3) is 0.105. The van der Waals surface area contributed by atoms with E-state index in [0.717, 1.165) is 25.4 Å². The Morgan fingerprint density at radius 1 is 1.21 bits per heavy atom. The van der Waals surface area contributed by atoms with Crippen LogP contribution in [0.2, 0.25) is 0 Å². The van der Waals surface area contributed by atoms with Gasteiger partial charge in [-0.25, -0.2) is 4.99 Å². The van der Waals surface area contributed by atoms with Gasteiger partial charge in [0.25, 0.3) is 0 Å². The minimum atomic E-state index is 0.255. The van der Waals surface area contributed by atoms with Gasteiger partial charge in [-0.2, -0.15) is 0 Å². The monoisotopic (exact) mass is 335 g/mol. The van der Waals surface area contributed by atoms with Crippen molar-refractivity contribution >= 4 is 45.7 Å². The molecule has 3 rings (SSSR count). The molecule has 0 bridgehead atoms.